The highest BCUT2D eigenvalue weighted by Gasteiger charge is 2.60. The van der Waals surface area contributed by atoms with Crippen molar-refractivity contribution in [2.24, 2.45) is 0 Å². The van der Waals surface area contributed by atoms with Crippen LogP contribution in [0.15, 0.2) is 36.4 Å². The molecular formula is C21H20F7N3O2. The molecule has 1 amide bonds. The van der Waals surface area contributed by atoms with Crippen molar-refractivity contribution in [3.8, 4) is 11.1 Å². The number of alkyl halides is 6. The van der Waals surface area contributed by atoms with Crippen LogP contribution in [0, 0.1) is 12.7 Å². The van der Waals surface area contributed by atoms with Crippen molar-refractivity contribution in [2.45, 2.75) is 31.9 Å². The van der Waals surface area contributed by atoms with Crippen molar-refractivity contribution in [3.05, 3.63) is 53.6 Å². The van der Waals surface area contributed by atoms with Crippen molar-refractivity contribution in [2.75, 3.05) is 26.2 Å². The predicted octanol–water partition coefficient (Wildman–Crippen LogP) is 4.94. The molecule has 0 aliphatic carbocycles. The second kappa shape index (κ2) is 9.54. The lowest BCUT2D eigenvalue weighted by Gasteiger charge is -2.35. The van der Waals surface area contributed by atoms with E-state index in [-0.39, 0.29) is 32.0 Å². The van der Waals surface area contributed by atoms with E-state index in [4.69, 9.17) is 0 Å². The van der Waals surface area contributed by atoms with Gasteiger partial charge >= 0.3 is 18.4 Å². The molecule has 0 bridgehead atoms. The van der Waals surface area contributed by atoms with Crippen LogP contribution in [-0.2, 0) is 11.3 Å². The summed E-state index contributed by atoms with van der Waals surface area (Å²) in [4.78, 5) is 19.0. The molecule has 2 aromatic rings. The Kier molecular flexibility index (Phi) is 7.15. The van der Waals surface area contributed by atoms with E-state index in [0.29, 0.717) is 29.1 Å². The molecule has 1 fully saturated rings. The van der Waals surface area contributed by atoms with Crippen molar-refractivity contribution in [1.29, 1.82) is 0 Å². The van der Waals surface area contributed by atoms with Gasteiger partial charge in [-0.15, -0.1) is 0 Å². The zero-order chi connectivity index (χ0) is 24.4. The first kappa shape index (κ1) is 24.7. The molecule has 0 radical (unpaired) electrons. The van der Waals surface area contributed by atoms with Gasteiger partial charge in [0.05, 0.1) is 5.69 Å². The molecular weight excluding hydrogens is 459 g/mol. The van der Waals surface area contributed by atoms with Gasteiger partial charge < -0.3 is 9.64 Å². The van der Waals surface area contributed by atoms with Crippen molar-refractivity contribution < 1.29 is 40.3 Å². The van der Waals surface area contributed by atoms with Gasteiger partial charge in [-0.25, -0.2) is 9.18 Å². The van der Waals surface area contributed by atoms with E-state index in [1.165, 1.54) is 6.07 Å². The number of aryl methyl sites for hydroxylation is 1. The molecule has 2 heterocycles. The highest BCUT2D eigenvalue weighted by atomic mass is 19.4. The summed E-state index contributed by atoms with van der Waals surface area (Å²) in [7, 11) is 0. The number of aromatic nitrogens is 1. The van der Waals surface area contributed by atoms with Crippen LogP contribution in [0.2, 0.25) is 0 Å². The fourth-order valence-electron chi connectivity index (χ4n) is 3.48. The minimum absolute atomic E-state index is 0.104. The number of benzene rings is 1. The molecule has 1 aromatic carbocycles. The third-order valence-electron chi connectivity index (χ3n) is 5.14. The topological polar surface area (TPSA) is 45.7 Å². The number of amides is 1. The van der Waals surface area contributed by atoms with E-state index in [1.807, 2.05) is 4.90 Å². The molecule has 0 saturated carbocycles. The Balaban J connectivity index is 1.58. The smallest absolute Gasteiger partial charge is 0.426 e. The number of ether oxygens (including phenoxy) is 1. The highest BCUT2D eigenvalue weighted by molar-refractivity contribution is 5.68. The van der Waals surface area contributed by atoms with Crippen LogP contribution in [-0.4, -0.2) is 65.5 Å². The molecule has 12 heteroatoms. The number of nitrogens with zero attached hydrogens (tertiary/aromatic N) is 3. The average molecular weight is 479 g/mol. The van der Waals surface area contributed by atoms with Gasteiger partial charge in [0, 0.05) is 49.5 Å². The second-order valence-electron chi connectivity index (χ2n) is 7.53. The van der Waals surface area contributed by atoms with Gasteiger partial charge in [-0.1, -0.05) is 24.3 Å². The lowest BCUT2D eigenvalue weighted by molar-refractivity contribution is -0.308. The highest BCUT2D eigenvalue weighted by Crippen LogP contribution is 2.36. The first-order chi connectivity index (χ1) is 15.4. The number of carbonyl (C=O) groups is 1. The third-order valence-corrected chi connectivity index (χ3v) is 5.14. The molecule has 33 heavy (non-hydrogen) atoms. The van der Waals surface area contributed by atoms with Crippen LogP contribution in [0.5, 0.6) is 0 Å². The first-order valence-electron chi connectivity index (χ1n) is 9.89. The molecule has 180 valence electrons. The van der Waals surface area contributed by atoms with E-state index in [0.717, 1.165) is 4.90 Å². The number of piperazine rings is 1. The van der Waals surface area contributed by atoms with Crippen molar-refractivity contribution in [1.82, 2.24) is 14.8 Å². The minimum atomic E-state index is -5.76. The Morgan fingerprint density at radius 2 is 1.58 bits per heavy atom. The normalized spacial score (nSPS) is 15.7. The van der Waals surface area contributed by atoms with Crippen molar-refractivity contribution in [3.63, 3.8) is 0 Å². The maximum atomic E-state index is 14.0. The summed E-state index contributed by atoms with van der Waals surface area (Å²) in [6, 6.07) is 9.72. The second-order valence-corrected chi connectivity index (χ2v) is 7.53. The molecule has 0 N–H and O–H groups in total. The van der Waals surface area contributed by atoms with Crippen molar-refractivity contribution >= 4 is 6.09 Å². The summed E-state index contributed by atoms with van der Waals surface area (Å²) in [5.74, 6) is -0.378. The van der Waals surface area contributed by atoms with E-state index >= 15 is 0 Å². The van der Waals surface area contributed by atoms with Gasteiger partial charge in [0.1, 0.15) is 5.82 Å². The Morgan fingerprint density at radius 3 is 2.12 bits per heavy atom. The number of hydrogen-bond acceptors (Lipinski definition) is 4. The molecule has 1 aromatic heterocycles. The van der Waals surface area contributed by atoms with Crippen LogP contribution in [0.3, 0.4) is 0 Å². The number of pyridine rings is 1. The molecule has 1 aliphatic rings. The first-order valence-corrected chi connectivity index (χ1v) is 9.89. The van der Waals surface area contributed by atoms with Crippen LogP contribution < -0.4 is 0 Å². The average Bonchev–Trinajstić information content (AvgIpc) is 2.71. The summed E-state index contributed by atoms with van der Waals surface area (Å²) in [6.45, 7) is 2.27. The van der Waals surface area contributed by atoms with Gasteiger partial charge in [0.15, 0.2) is 0 Å². The molecule has 0 unspecified atom stereocenters. The van der Waals surface area contributed by atoms with Crippen LogP contribution >= 0.6 is 0 Å². The summed E-state index contributed by atoms with van der Waals surface area (Å²) >= 11 is 0. The van der Waals surface area contributed by atoms with Gasteiger partial charge in [-0.2, -0.15) is 26.3 Å². The van der Waals surface area contributed by atoms with Gasteiger partial charge in [0.25, 0.3) is 6.10 Å². The number of rotatable bonds is 4. The molecule has 0 atom stereocenters. The maximum absolute atomic E-state index is 14.0. The lowest BCUT2D eigenvalue weighted by Crippen LogP contribution is -2.52. The Bertz CT molecular complexity index is 973. The Labute approximate surface area is 184 Å². The fraction of sp³-hybridized carbons (Fsp3) is 0.429. The summed E-state index contributed by atoms with van der Waals surface area (Å²) in [5.41, 5.74) is 2.30. The summed E-state index contributed by atoms with van der Waals surface area (Å²) in [5, 5.41) is 0. The standard InChI is InChI=1S/C21H20F7N3O2/c1-13-15(16-4-2-3-5-17(16)22)7-6-14(29-13)12-30-8-10-31(11-9-30)19(32)33-18(20(23,24)25)21(26,27)28/h2-7,18H,8-12H2,1H3. The van der Waals surface area contributed by atoms with E-state index in [9.17, 15) is 35.5 Å². The zero-order valence-corrected chi connectivity index (χ0v) is 17.4. The summed E-state index contributed by atoms with van der Waals surface area (Å²) in [6.07, 6.45) is -17.4. The van der Waals surface area contributed by atoms with Crippen LogP contribution in [0.1, 0.15) is 11.4 Å². The molecule has 1 saturated heterocycles. The number of halogens is 7. The zero-order valence-electron chi connectivity index (χ0n) is 17.4. The minimum Gasteiger partial charge on any atom is -0.426 e. The van der Waals surface area contributed by atoms with Gasteiger partial charge in [-0.05, 0) is 19.1 Å². The Morgan fingerprint density at radius 1 is 0.970 bits per heavy atom. The predicted molar refractivity (Wildman–Crippen MR) is 104 cm³/mol. The maximum Gasteiger partial charge on any atom is 0.434 e. The number of hydrogen-bond donors (Lipinski definition) is 0. The molecule has 5 nitrogen and oxygen atoms in total. The molecule has 0 spiro atoms. The van der Waals surface area contributed by atoms with E-state index < -0.39 is 24.5 Å². The quantitative estimate of drug-likeness (QED) is 0.583. The third kappa shape index (κ3) is 6.12. The largest absolute Gasteiger partial charge is 0.434 e. The molecule has 1 aliphatic heterocycles. The SMILES string of the molecule is Cc1nc(CN2CCN(C(=O)OC(C(F)(F)F)C(F)(F)F)CC2)ccc1-c1ccccc1F. The monoisotopic (exact) mass is 479 g/mol. The number of carbonyl (C=O) groups excluding carboxylic acids is 1. The fourth-order valence-corrected chi connectivity index (χ4v) is 3.48. The van der Waals surface area contributed by atoms with Crippen LogP contribution in [0.4, 0.5) is 35.5 Å². The van der Waals surface area contributed by atoms with E-state index in [2.05, 4.69) is 9.72 Å². The lowest BCUT2D eigenvalue weighted by atomic mass is 10.0. The summed E-state index contributed by atoms with van der Waals surface area (Å²) < 4.78 is 93.3. The van der Waals surface area contributed by atoms with Crippen LogP contribution in [0.25, 0.3) is 11.1 Å². The Hall–Kier alpha value is -2.89. The van der Waals surface area contributed by atoms with Gasteiger partial charge in [0.2, 0.25) is 0 Å². The molecule has 3 rings (SSSR count). The van der Waals surface area contributed by atoms with Gasteiger partial charge in [-0.3, -0.25) is 9.88 Å². The van der Waals surface area contributed by atoms with E-state index in [1.54, 1.807) is 37.3 Å².